The van der Waals surface area contributed by atoms with Crippen LogP contribution in [0.4, 0.5) is 5.69 Å². The van der Waals surface area contributed by atoms with E-state index in [9.17, 15) is 18.0 Å². The maximum atomic E-state index is 14.0. The highest BCUT2D eigenvalue weighted by atomic mass is 32.2. The summed E-state index contributed by atoms with van der Waals surface area (Å²) in [6.45, 7) is 7.96. The van der Waals surface area contributed by atoms with Crippen molar-refractivity contribution in [1.82, 2.24) is 10.2 Å². The lowest BCUT2D eigenvalue weighted by atomic mass is 10.1. The maximum absolute atomic E-state index is 14.0. The van der Waals surface area contributed by atoms with Gasteiger partial charge in [0.2, 0.25) is 11.8 Å². The van der Waals surface area contributed by atoms with Crippen molar-refractivity contribution in [3.63, 3.8) is 0 Å². The van der Waals surface area contributed by atoms with Crippen molar-refractivity contribution in [2.24, 2.45) is 5.92 Å². The van der Waals surface area contributed by atoms with Crippen LogP contribution in [0.2, 0.25) is 0 Å². The number of anilines is 1. The molecule has 0 aliphatic heterocycles. The third kappa shape index (κ3) is 8.47. The molecule has 0 fully saturated rings. The van der Waals surface area contributed by atoms with E-state index in [4.69, 9.17) is 9.47 Å². The second-order valence-corrected chi connectivity index (χ2v) is 11.8. The minimum absolute atomic E-state index is 0.0473. The van der Waals surface area contributed by atoms with E-state index in [1.165, 1.54) is 17.0 Å². The fourth-order valence-corrected chi connectivity index (χ4v) is 5.52. The Morgan fingerprint density at radius 2 is 1.49 bits per heavy atom. The van der Waals surface area contributed by atoms with Crippen molar-refractivity contribution in [2.45, 2.75) is 45.2 Å². The van der Waals surface area contributed by atoms with Crippen molar-refractivity contribution < 1.29 is 27.5 Å². The van der Waals surface area contributed by atoms with E-state index in [0.717, 1.165) is 9.87 Å². The van der Waals surface area contributed by atoms with E-state index in [0.29, 0.717) is 30.3 Å². The van der Waals surface area contributed by atoms with E-state index >= 15 is 0 Å². The third-order valence-electron chi connectivity index (χ3n) is 6.41. The van der Waals surface area contributed by atoms with Crippen LogP contribution in [0.5, 0.6) is 11.5 Å². The largest absolute Gasteiger partial charge is 0.497 e. The van der Waals surface area contributed by atoms with Crippen molar-refractivity contribution in [1.29, 1.82) is 0 Å². The molecule has 2 amide bonds. The molecule has 1 atom stereocenters. The number of amides is 2. The Morgan fingerprint density at radius 1 is 0.878 bits per heavy atom. The van der Waals surface area contributed by atoms with Crippen molar-refractivity contribution in [3.05, 3.63) is 84.4 Å². The first-order valence-corrected chi connectivity index (χ1v) is 15.0. The maximum Gasteiger partial charge on any atom is 0.264 e. The second-order valence-electron chi connectivity index (χ2n) is 9.94. The molecule has 0 saturated heterocycles. The van der Waals surface area contributed by atoms with Gasteiger partial charge in [0.1, 0.15) is 24.1 Å². The zero-order valence-corrected chi connectivity index (χ0v) is 25.1. The van der Waals surface area contributed by atoms with Gasteiger partial charge >= 0.3 is 0 Å². The molecule has 1 unspecified atom stereocenters. The Balaban J connectivity index is 1.99. The standard InChI is InChI=1S/C31H39N3O6S/c1-6-40-28-18-14-26(15-19-28)34(41(37,38)29-10-8-7-9-11-29)22-30(35)33(24(4)31(36)32-20-23(2)3)21-25-12-16-27(39-5)17-13-25/h7-19,23-24H,6,20-22H2,1-5H3,(H,32,36). The summed E-state index contributed by atoms with van der Waals surface area (Å²) in [5, 5.41) is 2.88. The Labute approximate surface area is 243 Å². The zero-order valence-electron chi connectivity index (χ0n) is 24.2. The molecule has 0 heterocycles. The molecule has 0 radical (unpaired) electrons. The molecular formula is C31H39N3O6S. The van der Waals surface area contributed by atoms with Gasteiger partial charge in [0, 0.05) is 13.1 Å². The van der Waals surface area contributed by atoms with Gasteiger partial charge in [-0.15, -0.1) is 0 Å². The number of ether oxygens (including phenoxy) is 2. The van der Waals surface area contributed by atoms with E-state index in [-0.39, 0.29) is 23.3 Å². The Bertz CT molecular complexity index is 1380. The third-order valence-corrected chi connectivity index (χ3v) is 8.20. The monoisotopic (exact) mass is 581 g/mol. The molecule has 0 aliphatic carbocycles. The number of methoxy groups -OCH3 is 1. The first-order valence-electron chi connectivity index (χ1n) is 13.6. The lowest BCUT2D eigenvalue weighted by Crippen LogP contribution is -2.51. The number of nitrogens with one attached hydrogen (secondary N) is 1. The van der Waals surface area contributed by atoms with Crippen LogP contribution in [0.15, 0.2) is 83.8 Å². The summed E-state index contributed by atoms with van der Waals surface area (Å²) in [5.41, 5.74) is 1.06. The number of carbonyl (C=O) groups is 2. The van der Waals surface area contributed by atoms with Gasteiger partial charge < -0.3 is 19.7 Å². The number of rotatable bonds is 14. The molecule has 41 heavy (non-hydrogen) atoms. The first-order chi connectivity index (χ1) is 19.6. The second kappa shape index (κ2) is 14.5. The molecular weight excluding hydrogens is 542 g/mol. The number of nitrogens with zero attached hydrogens (tertiary/aromatic N) is 2. The van der Waals surface area contributed by atoms with E-state index in [2.05, 4.69) is 5.32 Å². The van der Waals surface area contributed by atoms with Crippen LogP contribution in [0.1, 0.15) is 33.3 Å². The topological polar surface area (TPSA) is 105 Å². The van der Waals surface area contributed by atoms with Crippen LogP contribution in [0.25, 0.3) is 0 Å². The van der Waals surface area contributed by atoms with Crippen LogP contribution in [-0.4, -0.2) is 58.0 Å². The van der Waals surface area contributed by atoms with E-state index in [1.54, 1.807) is 68.6 Å². The number of hydrogen-bond donors (Lipinski definition) is 1. The summed E-state index contributed by atoms with van der Waals surface area (Å²) < 4.78 is 39.5. The van der Waals surface area contributed by atoms with Gasteiger partial charge in [0.15, 0.2) is 0 Å². The van der Waals surface area contributed by atoms with Crippen LogP contribution in [-0.2, 0) is 26.2 Å². The van der Waals surface area contributed by atoms with Crippen molar-refractivity contribution >= 4 is 27.5 Å². The van der Waals surface area contributed by atoms with E-state index in [1.807, 2.05) is 32.9 Å². The van der Waals surface area contributed by atoms with Gasteiger partial charge in [0.05, 0.1) is 24.3 Å². The van der Waals surface area contributed by atoms with Crippen LogP contribution >= 0.6 is 0 Å². The molecule has 1 N–H and O–H groups in total. The van der Waals surface area contributed by atoms with Crippen LogP contribution < -0.4 is 19.1 Å². The molecule has 0 bridgehead atoms. The minimum atomic E-state index is -4.13. The number of hydrogen-bond acceptors (Lipinski definition) is 6. The van der Waals surface area contributed by atoms with Gasteiger partial charge in [0.25, 0.3) is 10.0 Å². The van der Waals surface area contributed by atoms with Crippen LogP contribution in [0, 0.1) is 5.92 Å². The smallest absolute Gasteiger partial charge is 0.264 e. The Morgan fingerprint density at radius 3 is 2.05 bits per heavy atom. The predicted octanol–water partition coefficient (Wildman–Crippen LogP) is 4.48. The average Bonchev–Trinajstić information content (AvgIpc) is 2.98. The summed E-state index contributed by atoms with van der Waals surface area (Å²) in [5.74, 6) is 0.616. The van der Waals surface area contributed by atoms with Crippen molar-refractivity contribution in [2.75, 3.05) is 31.1 Å². The molecule has 0 saturated carbocycles. The lowest BCUT2D eigenvalue weighted by molar-refractivity contribution is -0.139. The van der Waals surface area contributed by atoms with Crippen LogP contribution in [0.3, 0.4) is 0 Å². The number of sulfonamides is 1. The molecule has 3 rings (SSSR count). The minimum Gasteiger partial charge on any atom is -0.497 e. The molecule has 10 heteroatoms. The Hall–Kier alpha value is -4.05. The van der Waals surface area contributed by atoms with E-state index < -0.39 is 28.5 Å². The normalized spacial score (nSPS) is 12.0. The fourth-order valence-electron chi connectivity index (χ4n) is 4.09. The molecule has 9 nitrogen and oxygen atoms in total. The van der Waals surface area contributed by atoms with Gasteiger partial charge in [-0.05, 0) is 73.9 Å². The van der Waals surface area contributed by atoms with Gasteiger partial charge in [-0.1, -0.05) is 44.2 Å². The lowest BCUT2D eigenvalue weighted by Gasteiger charge is -2.32. The fraction of sp³-hybridized carbons (Fsp3) is 0.355. The van der Waals surface area contributed by atoms with Gasteiger partial charge in [-0.3, -0.25) is 13.9 Å². The average molecular weight is 582 g/mol. The number of carbonyl (C=O) groups excluding carboxylic acids is 2. The summed E-state index contributed by atoms with van der Waals surface area (Å²) in [7, 11) is -2.57. The zero-order chi connectivity index (χ0) is 30.0. The summed E-state index contributed by atoms with van der Waals surface area (Å²) in [6.07, 6.45) is 0. The predicted molar refractivity (Wildman–Crippen MR) is 159 cm³/mol. The highest BCUT2D eigenvalue weighted by Crippen LogP contribution is 2.27. The SMILES string of the molecule is CCOc1ccc(N(CC(=O)N(Cc2ccc(OC)cc2)C(C)C(=O)NCC(C)C)S(=O)(=O)c2ccccc2)cc1. The molecule has 0 spiro atoms. The quantitative estimate of drug-likeness (QED) is 0.301. The van der Waals surface area contributed by atoms with Gasteiger partial charge in [-0.25, -0.2) is 8.42 Å². The van der Waals surface area contributed by atoms with Crippen molar-refractivity contribution in [3.8, 4) is 11.5 Å². The Kier molecular flexibility index (Phi) is 11.2. The molecule has 3 aromatic rings. The molecule has 3 aromatic carbocycles. The summed E-state index contributed by atoms with van der Waals surface area (Å²) in [6, 6.07) is 20.8. The highest BCUT2D eigenvalue weighted by Gasteiger charge is 2.32. The highest BCUT2D eigenvalue weighted by molar-refractivity contribution is 7.92. The molecule has 220 valence electrons. The molecule has 0 aromatic heterocycles. The molecule has 0 aliphatic rings. The number of benzene rings is 3. The summed E-state index contributed by atoms with van der Waals surface area (Å²) >= 11 is 0. The van der Waals surface area contributed by atoms with Gasteiger partial charge in [-0.2, -0.15) is 0 Å². The first kappa shape index (κ1) is 31.5. The summed E-state index contributed by atoms with van der Waals surface area (Å²) in [4.78, 5) is 28.5.